The molecule has 1 aliphatic rings. The number of hydrogen-bond acceptors (Lipinski definition) is 0. The van der Waals surface area contributed by atoms with Crippen molar-refractivity contribution >= 4 is 0 Å². The van der Waals surface area contributed by atoms with E-state index in [1.807, 2.05) is 0 Å². The molecule has 0 aliphatic heterocycles. The van der Waals surface area contributed by atoms with E-state index in [0.717, 1.165) is 25.7 Å². The van der Waals surface area contributed by atoms with E-state index in [-0.39, 0.29) is 0 Å². The summed E-state index contributed by atoms with van der Waals surface area (Å²) in [5, 5.41) is 0. The Morgan fingerprint density at radius 3 is 1.86 bits per heavy atom. The SMILES string of the molecule is C1=CCC=CCC=CCCC=C/C=C\1. The summed E-state index contributed by atoms with van der Waals surface area (Å²) in [7, 11) is 0. The van der Waals surface area contributed by atoms with Gasteiger partial charge in [0, 0.05) is 0 Å². The van der Waals surface area contributed by atoms with Crippen LogP contribution in [0.3, 0.4) is 0 Å². The number of hydrogen-bond donors (Lipinski definition) is 0. The largest absolute Gasteiger partial charge is 0.0879 e. The maximum Gasteiger partial charge on any atom is -0.0166 e. The average molecular weight is 186 g/mol. The lowest BCUT2D eigenvalue weighted by atomic mass is 10.2. The highest BCUT2D eigenvalue weighted by Gasteiger charge is 1.77. The zero-order chi connectivity index (χ0) is 9.90. The third-order valence-electron chi connectivity index (χ3n) is 1.98. The molecule has 1 aliphatic carbocycles. The third-order valence-corrected chi connectivity index (χ3v) is 1.98. The van der Waals surface area contributed by atoms with Crippen molar-refractivity contribution < 1.29 is 0 Å². The summed E-state index contributed by atoms with van der Waals surface area (Å²) in [5.41, 5.74) is 0. The van der Waals surface area contributed by atoms with Gasteiger partial charge in [-0.05, 0) is 25.7 Å². The first-order valence-corrected chi connectivity index (χ1v) is 5.28. The summed E-state index contributed by atoms with van der Waals surface area (Å²) in [4.78, 5) is 0. The molecule has 0 heterocycles. The highest BCUT2D eigenvalue weighted by Crippen LogP contribution is 1.97. The summed E-state index contributed by atoms with van der Waals surface area (Å²) in [6.07, 6.45) is 26.0. The fourth-order valence-electron chi connectivity index (χ4n) is 1.22. The molecule has 0 fully saturated rings. The van der Waals surface area contributed by atoms with Gasteiger partial charge in [0.05, 0.1) is 0 Å². The highest BCUT2D eigenvalue weighted by atomic mass is 13.8. The molecule has 74 valence electrons. The Balaban J connectivity index is 2.45. The second-order valence-electron chi connectivity index (χ2n) is 3.23. The molecule has 0 unspecified atom stereocenters. The fourth-order valence-corrected chi connectivity index (χ4v) is 1.22. The molecule has 0 amide bonds. The second kappa shape index (κ2) is 8.31. The standard InChI is InChI=1S/C14H18/c1-2-4-6-8-10-12-14-13-11-9-7-5-3-1/h1-6,9,11-12,14H,7-8,10,13H2/b2-1-,5-3?,6-4?,11-9?,14-12?. The Kier molecular flexibility index (Phi) is 6.39. The Morgan fingerprint density at radius 2 is 1.00 bits per heavy atom. The second-order valence-corrected chi connectivity index (χ2v) is 3.23. The fraction of sp³-hybridized carbons (Fsp3) is 0.286. The minimum atomic E-state index is 1.03. The van der Waals surface area contributed by atoms with Crippen LogP contribution in [0.2, 0.25) is 0 Å². The van der Waals surface area contributed by atoms with Crippen molar-refractivity contribution in [3.63, 3.8) is 0 Å². The molecular weight excluding hydrogens is 168 g/mol. The van der Waals surface area contributed by atoms with E-state index >= 15 is 0 Å². The van der Waals surface area contributed by atoms with Crippen LogP contribution < -0.4 is 0 Å². The topological polar surface area (TPSA) is 0 Å². The van der Waals surface area contributed by atoms with Gasteiger partial charge in [0.2, 0.25) is 0 Å². The molecule has 1 rings (SSSR count). The van der Waals surface area contributed by atoms with Gasteiger partial charge in [-0.15, -0.1) is 0 Å². The average Bonchev–Trinajstić information content (AvgIpc) is 2.22. The quantitative estimate of drug-likeness (QED) is 0.494. The van der Waals surface area contributed by atoms with Crippen molar-refractivity contribution in [3.05, 3.63) is 60.8 Å². The molecule has 14 heavy (non-hydrogen) atoms. The Morgan fingerprint density at radius 1 is 0.429 bits per heavy atom. The van der Waals surface area contributed by atoms with Gasteiger partial charge in [-0.25, -0.2) is 0 Å². The van der Waals surface area contributed by atoms with Gasteiger partial charge < -0.3 is 0 Å². The number of rotatable bonds is 0. The summed E-state index contributed by atoms with van der Waals surface area (Å²) >= 11 is 0. The molecule has 0 aromatic heterocycles. The first-order chi connectivity index (χ1) is 7.00. The molecule has 0 bridgehead atoms. The van der Waals surface area contributed by atoms with Gasteiger partial charge in [0.15, 0.2) is 0 Å². The molecule has 0 nitrogen and oxygen atoms in total. The lowest BCUT2D eigenvalue weighted by molar-refractivity contribution is 1.04. The summed E-state index contributed by atoms with van der Waals surface area (Å²) < 4.78 is 0. The molecular formula is C14H18. The van der Waals surface area contributed by atoms with Gasteiger partial charge in [0.25, 0.3) is 0 Å². The van der Waals surface area contributed by atoms with Crippen molar-refractivity contribution in [1.29, 1.82) is 0 Å². The summed E-state index contributed by atoms with van der Waals surface area (Å²) in [6.45, 7) is 0. The Labute approximate surface area is 87.0 Å². The van der Waals surface area contributed by atoms with Crippen molar-refractivity contribution in [3.8, 4) is 0 Å². The van der Waals surface area contributed by atoms with E-state index in [4.69, 9.17) is 0 Å². The van der Waals surface area contributed by atoms with Crippen molar-refractivity contribution in [2.75, 3.05) is 0 Å². The van der Waals surface area contributed by atoms with Crippen LogP contribution in [-0.2, 0) is 0 Å². The number of allylic oxidation sites excluding steroid dienone is 10. The predicted molar refractivity (Wildman–Crippen MR) is 64.2 cm³/mol. The molecule has 0 saturated carbocycles. The lowest BCUT2D eigenvalue weighted by Gasteiger charge is -1.87. The predicted octanol–water partition coefficient (Wildman–Crippen LogP) is 4.34. The van der Waals surface area contributed by atoms with E-state index in [2.05, 4.69) is 60.8 Å². The minimum absolute atomic E-state index is 1.03. The molecule has 0 saturated heterocycles. The van der Waals surface area contributed by atoms with E-state index in [1.54, 1.807) is 0 Å². The molecule has 0 heteroatoms. The lowest BCUT2D eigenvalue weighted by Crippen LogP contribution is -1.66. The van der Waals surface area contributed by atoms with Gasteiger partial charge in [0.1, 0.15) is 0 Å². The van der Waals surface area contributed by atoms with Gasteiger partial charge in [-0.3, -0.25) is 0 Å². The van der Waals surface area contributed by atoms with E-state index in [9.17, 15) is 0 Å². The molecule has 0 aromatic carbocycles. The molecule has 0 aromatic rings. The van der Waals surface area contributed by atoms with Gasteiger partial charge in [-0.2, -0.15) is 0 Å². The van der Waals surface area contributed by atoms with Crippen LogP contribution in [0.15, 0.2) is 60.8 Å². The van der Waals surface area contributed by atoms with Crippen LogP contribution in [0.5, 0.6) is 0 Å². The van der Waals surface area contributed by atoms with Gasteiger partial charge >= 0.3 is 0 Å². The zero-order valence-corrected chi connectivity index (χ0v) is 8.60. The maximum atomic E-state index is 2.25. The monoisotopic (exact) mass is 186 g/mol. The third kappa shape index (κ3) is 6.24. The molecule has 0 atom stereocenters. The minimum Gasteiger partial charge on any atom is -0.0879 e. The van der Waals surface area contributed by atoms with Crippen molar-refractivity contribution in [1.82, 2.24) is 0 Å². The summed E-state index contributed by atoms with van der Waals surface area (Å²) in [6, 6.07) is 0. The smallest absolute Gasteiger partial charge is 0.0166 e. The van der Waals surface area contributed by atoms with E-state index < -0.39 is 0 Å². The van der Waals surface area contributed by atoms with Crippen LogP contribution in [0.4, 0.5) is 0 Å². The first kappa shape index (κ1) is 10.8. The van der Waals surface area contributed by atoms with Crippen molar-refractivity contribution in [2.45, 2.75) is 25.7 Å². The van der Waals surface area contributed by atoms with Crippen LogP contribution in [0, 0.1) is 0 Å². The highest BCUT2D eigenvalue weighted by molar-refractivity contribution is 5.12. The Hall–Kier alpha value is -1.30. The molecule has 0 N–H and O–H groups in total. The summed E-state index contributed by atoms with van der Waals surface area (Å²) in [5.74, 6) is 0. The normalized spacial score (nSPS) is 20.6. The zero-order valence-electron chi connectivity index (χ0n) is 8.60. The first-order valence-electron chi connectivity index (χ1n) is 5.28. The molecule has 0 radical (unpaired) electrons. The molecule has 0 spiro atoms. The van der Waals surface area contributed by atoms with E-state index in [0.29, 0.717) is 0 Å². The van der Waals surface area contributed by atoms with Crippen LogP contribution in [-0.4, -0.2) is 0 Å². The van der Waals surface area contributed by atoms with E-state index in [1.165, 1.54) is 0 Å². The van der Waals surface area contributed by atoms with Crippen LogP contribution >= 0.6 is 0 Å². The van der Waals surface area contributed by atoms with Crippen LogP contribution in [0.25, 0.3) is 0 Å². The van der Waals surface area contributed by atoms with Crippen molar-refractivity contribution in [2.24, 2.45) is 0 Å². The Bertz CT molecular complexity index is 262. The maximum absolute atomic E-state index is 2.25. The van der Waals surface area contributed by atoms with Crippen LogP contribution in [0.1, 0.15) is 25.7 Å². The van der Waals surface area contributed by atoms with Gasteiger partial charge in [-0.1, -0.05) is 60.8 Å².